The quantitative estimate of drug-likeness (QED) is 0.166. The fraction of sp³-hybridized carbons (Fsp3) is 0.0968. The Kier molecular flexibility index (Phi) is 5.83. The lowest BCUT2D eigenvalue weighted by atomic mass is 9.82. The molecule has 168 valence electrons. The van der Waals surface area contributed by atoms with Crippen LogP contribution in [0.5, 0.6) is 0 Å². The second kappa shape index (κ2) is 9.11. The topological polar surface area (TPSA) is 31.4 Å². The molecule has 0 amide bonds. The number of allylic oxidation sites excluding steroid dienone is 3. The molecule has 3 nitrogen and oxygen atoms in total. The molecule has 0 fully saturated rings. The number of fused-ring (bicyclic) bond motifs is 3. The van der Waals surface area contributed by atoms with Crippen LogP contribution in [-0.4, -0.2) is 0 Å². The number of hydrogen-bond donors (Lipinski definition) is 0. The summed E-state index contributed by atoms with van der Waals surface area (Å²) in [5.74, 6) is 0. The number of nitrogens with zero attached hydrogens (tertiary/aromatic N) is 3. The van der Waals surface area contributed by atoms with E-state index >= 15 is 0 Å². The molecule has 4 aromatic rings. The van der Waals surface area contributed by atoms with Crippen molar-refractivity contribution in [2.75, 3.05) is 4.90 Å². The first-order valence-electron chi connectivity index (χ1n) is 11.4. The molecule has 0 atom stereocenters. The first kappa shape index (κ1) is 22.4. The Bertz CT molecular complexity index is 1470. The lowest BCUT2D eigenvalue weighted by Crippen LogP contribution is -2.16. The molecule has 0 saturated carbocycles. The van der Waals surface area contributed by atoms with Gasteiger partial charge in [0.05, 0.1) is 12.6 Å². The molecule has 3 aromatic carbocycles. The van der Waals surface area contributed by atoms with Crippen molar-refractivity contribution in [1.82, 2.24) is 0 Å². The minimum Gasteiger partial charge on any atom is -0.310 e. The number of rotatable bonds is 5. The number of nitriles is 1. The summed E-state index contributed by atoms with van der Waals surface area (Å²) in [4.78, 5) is 7.91. The molecule has 0 saturated heterocycles. The van der Waals surface area contributed by atoms with Gasteiger partial charge in [-0.3, -0.25) is 0 Å². The number of anilines is 3. The van der Waals surface area contributed by atoms with E-state index in [2.05, 4.69) is 96.4 Å². The molecular weight excluding hydrogens is 446 g/mol. The van der Waals surface area contributed by atoms with Gasteiger partial charge in [0.25, 0.3) is 5.70 Å². The maximum atomic E-state index is 8.94. The maximum Gasteiger partial charge on any atom is 0.261 e. The van der Waals surface area contributed by atoms with Crippen LogP contribution >= 0.6 is 11.3 Å². The van der Waals surface area contributed by atoms with Crippen LogP contribution in [0.1, 0.15) is 29.9 Å². The summed E-state index contributed by atoms with van der Waals surface area (Å²) in [6.45, 7) is 11.6. The maximum absolute atomic E-state index is 8.94. The summed E-state index contributed by atoms with van der Waals surface area (Å²) in [7, 11) is 0. The third-order valence-electron chi connectivity index (χ3n) is 6.38. The van der Waals surface area contributed by atoms with E-state index in [1.165, 1.54) is 21.6 Å². The Hall–Kier alpha value is -4.38. The molecule has 1 aliphatic carbocycles. The summed E-state index contributed by atoms with van der Waals surface area (Å²) in [5.41, 5.74) is 7.25. The van der Waals surface area contributed by atoms with Crippen LogP contribution in [0.25, 0.3) is 21.4 Å². The van der Waals surface area contributed by atoms with Gasteiger partial charge in [0.15, 0.2) is 0 Å². The van der Waals surface area contributed by atoms with Gasteiger partial charge in [-0.2, -0.15) is 0 Å². The average molecular weight is 470 g/mol. The van der Waals surface area contributed by atoms with E-state index in [0.29, 0.717) is 0 Å². The standard InChI is InChI=1S/C31H23N3S/c1-31(2)28-19-25(34(23-12-6-4-7-13-23)24-14-8-5-9-15-24)17-18-27(28)30-29(31)20-26(35-30)16-10-11-22(21-32)33-3/h4-20H,1-2H3/b16-10+,22-11-. The van der Waals surface area contributed by atoms with Crippen LogP contribution in [0.2, 0.25) is 0 Å². The summed E-state index contributed by atoms with van der Waals surface area (Å²) < 4.78 is 0. The Morgan fingerprint density at radius 3 is 2.17 bits per heavy atom. The van der Waals surface area contributed by atoms with E-state index < -0.39 is 0 Å². The molecule has 1 heterocycles. The Morgan fingerprint density at radius 2 is 1.57 bits per heavy atom. The van der Waals surface area contributed by atoms with Gasteiger partial charge >= 0.3 is 0 Å². The Balaban J connectivity index is 1.56. The molecule has 0 N–H and O–H groups in total. The highest BCUT2D eigenvalue weighted by Gasteiger charge is 2.37. The van der Waals surface area contributed by atoms with Gasteiger partial charge in [0.2, 0.25) is 0 Å². The molecule has 5 rings (SSSR count). The van der Waals surface area contributed by atoms with E-state index in [0.717, 1.165) is 21.9 Å². The molecule has 0 bridgehead atoms. The summed E-state index contributed by atoms with van der Waals surface area (Å²) in [6, 6.07) is 31.8. The second-order valence-electron chi connectivity index (χ2n) is 8.89. The van der Waals surface area contributed by atoms with E-state index in [1.807, 2.05) is 24.3 Å². The van der Waals surface area contributed by atoms with Crippen molar-refractivity contribution in [3.8, 4) is 16.5 Å². The van der Waals surface area contributed by atoms with Gasteiger partial charge in [0.1, 0.15) is 0 Å². The third kappa shape index (κ3) is 4.06. The van der Waals surface area contributed by atoms with Gasteiger partial charge < -0.3 is 4.90 Å². The van der Waals surface area contributed by atoms with E-state index in [1.54, 1.807) is 23.5 Å². The Labute approximate surface area is 210 Å². The largest absolute Gasteiger partial charge is 0.310 e. The fourth-order valence-electron chi connectivity index (χ4n) is 4.62. The monoisotopic (exact) mass is 469 g/mol. The third-order valence-corrected chi connectivity index (χ3v) is 7.52. The average Bonchev–Trinajstić information content (AvgIpc) is 3.40. The lowest BCUT2D eigenvalue weighted by Gasteiger charge is -2.28. The predicted molar refractivity (Wildman–Crippen MR) is 146 cm³/mol. The normalized spacial score (nSPS) is 13.7. The highest BCUT2D eigenvalue weighted by Crippen LogP contribution is 2.54. The molecule has 0 radical (unpaired) electrons. The van der Waals surface area contributed by atoms with E-state index in [-0.39, 0.29) is 11.1 Å². The highest BCUT2D eigenvalue weighted by molar-refractivity contribution is 7.16. The van der Waals surface area contributed by atoms with Crippen LogP contribution < -0.4 is 4.90 Å². The SMILES string of the molecule is [C-]#[N+]/C(C#N)=C\C=C\c1cc2c(s1)-c1ccc(N(c3ccccc3)c3ccccc3)cc1C2(C)C. The zero-order valence-electron chi connectivity index (χ0n) is 19.6. The van der Waals surface area contributed by atoms with Gasteiger partial charge in [-0.05, 0) is 71.3 Å². The zero-order valence-corrected chi connectivity index (χ0v) is 20.4. The van der Waals surface area contributed by atoms with Crippen molar-refractivity contribution in [2.45, 2.75) is 19.3 Å². The molecule has 1 aliphatic rings. The van der Waals surface area contributed by atoms with Crippen molar-refractivity contribution in [3.05, 3.63) is 130 Å². The molecule has 4 heteroatoms. The van der Waals surface area contributed by atoms with Crippen molar-refractivity contribution < 1.29 is 0 Å². The van der Waals surface area contributed by atoms with Crippen LogP contribution in [0.15, 0.2) is 103 Å². The number of para-hydroxylation sites is 2. The van der Waals surface area contributed by atoms with Gasteiger partial charge in [0, 0.05) is 32.2 Å². The predicted octanol–water partition coefficient (Wildman–Crippen LogP) is 8.86. The first-order valence-corrected chi connectivity index (χ1v) is 12.2. The lowest BCUT2D eigenvalue weighted by molar-refractivity contribution is 0.662. The molecular formula is C31H23N3S. The second-order valence-corrected chi connectivity index (χ2v) is 9.97. The minimum absolute atomic E-state index is 0.0879. The number of hydrogen-bond acceptors (Lipinski definition) is 3. The summed E-state index contributed by atoms with van der Waals surface area (Å²) in [5, 5.41) is 8.94. The first-order chi connectivity index (χ1) is 17.0. The molecule has 0 spiro atoms. The highest BCUT2D eigenvalue weighted by atomic mass is 32.1. The van der Waals surface area contributed by atoms with Gasteiger partial charge in [-0.15, -0.1) is 11.3 Å². The van der Waals surface area contributed by atoms with E-state index in [9.17, 15) is 0 Å². The smallest absolute Gasteiger partial charge is 0.261 e. The van der Waals surface area contributed by atoms with Gasteiger partial charge in [-0.1, -0.05) is 62.4 Å². The number of thiophene rings is 1. The van der Waals surface area contributed by atoms with Crippen molar-refractivity contribution in [3.63, 3.8) is 0 Å². The number of benzene rings is 3. The molecule has 35 heavy (non-hydrogen) atoms. The van der Waals surface area contributed by atoms with Crippen molar-refractivity contribution in [1.29, 1.82) is 5.26 Å². The summed E-state index contributed by atoms with van der Waals surface area (Å²) >= 11 is 1.75. The van der Waals surface area contributed by atoms with E-state index in [4.69, 9.17) is 11.8 Å². The van der Waals surface area contributed by atoms with Crippen molar-refractivity contribution >= 4 is 34.5 Å². The fourth-order valence-corrected chi connectivity index (χ4v) is 5.89. The molecule has 1 aromatic heterocycles. The van der Waals surface area contributed by atoms with Crippen molar-refractivity contribution in [2.24, 2.45) is 0 Å². The molecule has 0 unspecified atom stereocenters. The zero-order chi connectivity index (χ0) is 24.4. The van der Waals surface area contributed by atoms with Crippen LogP contribution in [0.4, 0.5) is 17.1 Å². The summed E-state index contributed by atoms with van der Waals surface area (Å²) in [6.07, 6.45) is 5.32. The van der Waals surface area contributed by atoms with Gasteiger partial charge in [-0.25, -0.2) is 10.1 Å². The van der Waals surface area contributed by atoms with Crippen LogP contribution in [-0.2, 0) is 5.41 Å². The van der Waals surface area contributed by atoms with Crippen LogP contribution in [0, 0.1) is 17.9 Å². The Morgan fingerprint density at radius 1 is 0.914 bits per heavy atom. The molecule has 0 aliphatic heterocycles. The minimum atomic E-state index is -0.132. The van der Waals surface area contributed by atoms with Crippen LogP contribution in [0.3, 0.4) is 0 Å².